The Morgan fingerprint density at radius 2 is 1.70 bits per heavy atom. The quantitative estimate of drug-likeness (QED) is 0.148. The maximum Gasteiger partial charge on any atom is 0.347 e. The summed E-state index contributed by atoms with van der Waals surface area (Å²) in [7, 11) is 0. The lowest BCUT2D eigenvalue weighted by atomic mass is 9.47. The molecular weight excluding hydrogens is 492 g/mol. The summed E-state index contributed by atoms with van der Waals surface area (Å²) in [4.78, 5) is 13.1. The Labute approximate surface area is 244 Å². The molecule has 3 fully saturated rings. The van der Waals surface area contributed by atoms with E-state index in [4.69, 9.17) is 9.47 Å². The van der Waals surface area contributed by atoms with Crippen LogP contribution in [0, 0.1) is 34.5 Å². The van der Waals surface area contributed by atoms with Gasteiger partial charge in [0.15, 0.2) is 6.10 Å². The highest BCUT2D eigenvalue weighted by Gasteiger charge is 2.58. The molecule has 5 rings (SSSR count). The van der Waals surface area contributed by atoms with Crippen LogP contribution in [0.3, 0.4) is 0 Å². The first-order valence-corrected chi connectivity index (χ1v) is 17.0. The largest absolute Gasteiger partial charge is 0.479 e. The normalized spacial score (nSPS) is 35.6. The Morgan fingerprint density at radius 1 is 0.925 bits per heavy atom. The Morgan fingerprint density at radius 3 is 2.48 bits per heavy atom. The molecule has 4 aliphatic carbocycles. The van der Waals surface area contributed by atoms with Gasteiger partial charge in [-0.1, -0.05) is 96.1 Å². The van der Waals surface area contributed by atoms with E-state index in [2.05, 4.69) is 26.8 Å². The molecule has 5 unspecified atom stereocenters. The molecule has 3 heteroatoms. The van der Waals surface area contributed by atoms with Gasteiger partial charge in [-0.2, -0.15) is 0 Å². The Bertz CT molecular complexity index is 1000. The summed E-state index contributed by atoms with van der Waals surface area (Å²) < 4.78 is 12.1. The van der Waals surface area contributed by atoms with Crippen LogP contribution in [-0.2, 0) is 9.53 Å². The van der Waals surface area contributed by atoms with Gasteiger partial charge in [-0.3, -0.25) is 0 Å². The average Bonchev–Trinajstić information content (AvgIpc) is 3.30. The van der Waals surface area contributed by atoms with Gasteiger partial charge < -0.3 is 9.47 Å². The molecule has 0 bridgehead atoms. The van der Waals surface area contributed by atoms with Gasteiger partial charge in [0.05, 0.1) is 0 Å². The van der Waals surface area contributed by atoms with Crippen LogP contribution < -0.4 is 4.74 Å². The zero-order chi connectivity index (χ0) is 28.2. The second-order valence-electron chi connectivity index (χ2n) is 14.3. The van der Waals surface area contributed by atoms with Crippen LogP contribution in [0.15, 0.2) is 42.0 Å². The minimum Gasteiger partial charge on any atom is -0.479 e. The number of fused-ring (bicyclic) bond motifs is 5. The van der Waals surface area contributed by atoms with Crippen LogP contribution in [-0.4, -0.2) is 18.2 Å². The smallest absolute Gasteiger partial charge is 0.347 e. The number of para-hydroxylation sites is 1. The van der Waals surface area contributed by atoms with Crippen LogP contribution in [0.25, 0.3) is 0 Å². The first-order chi connectivity index (χ1) is 19.4. The average molecular weight is 549 g/mol. The molecule has 1 aromatic carbocycles. The van der Waals surface area contributed by atoms with E-state index in [9.17, 15) is 4.79 Å². The highest BCUT2D eigenvalue weighted by Crippen LogP contribution is 2.66. The minimum atomic E-state index is -0.539. The number of hydrogen-bond donors (Lipinski definition) is 0. The fourth-order valence-electron chi connectivity index (χ4n) is 9.68. The second kappa shape index (κ2) is 13.0. The van der Waals surface area contributed by atoms with Crippen molar-refractivity contribution < 1.29 is 14.3 Å². The fourth-order valence-corrected chi connectivity index (χ4v) is 9.68. The van der Waals surface area contributed by atoms with E-state index in [1.54, 1.807) is 5.57 Å². The van der Waals surface area contributed by atoms with Crippen molar-refractivity contribution in [1.82, 2.24) is 0 Å². The number of rotatable bonds is 12. The van der Waals surface area contributed by atoms with Gasteiger partial charge in [-0.15, -0.1) is 0 Å². The number of benzene rings is 1. The fraction of sp³-hybridized carbons (Fsp3) is 0.757. The standard InChI is InChI=1S/C37H56O3/c1-5-7-8-9-10-12-15-27-19-21-32-31-20-18-28-26-30(22-24-37(28,4)33(31)23-25-36(27,32)3)40-35(38)34(6-2)39-29-16-13-11-14-17-29/h11,13-14,16-18,27,30-34H,5-10,12,15,19-26H2,1-4H3/t27?,30-,31?,32?,33?,34?,36+,37-/m0/s1. The van der Waals surface area contributed by atoms with E-state index in [-0.39, 0.29) is 17.5 Å². The number of hydrogen-bond acceptors (Lipinski definition) is 3. The molecule has 0 N–H and O–H groups in total. The van der Waals surface area contributed by atoms with E-state index in [1.807, 2.05) is 37.3 Å². The minimum absolute atomic E-state index is 0.0150. The van der Waals surface area contributed by atoms with Crippen molar-refractivity contribution in [3.8, 4) is 5.75 Å². The summed E-state index contributed by atoms with van der Waals surface area (Å²) in [6, 6.07) is 9.64. The number of carbonyl (C=O) groups excluding carboxylic acids is 1. The zero-order valence-electron chi connectivity index (χ0n) is 26.0. The second-order valence-corrected chi connectivity index (χ2v) is 14.3. The van der Waals surface area contributed by atoms with Gasteiger partial charge in [-0.25, -0.2) is 4.79 Å². The lowest BCUT2D eigenvalue weighted by Gasteiger charge is -2.58. The van der Waals surface area contributed by atoms with Crippen molar-refractivity contribution in [3.05, 3.63) is 42.0 Å². The van der Waals surface area contributed by atoms with Crippen LogP contribution in [0.4, 0.5) is 0 Å². The third-order valence-corrected chi connectivity index (χ3v) is 12.1. The Hall–Kier alpha value is -1.77. The molecule has 0 saturated heterocycles. The maximum absolute atomic E-state index is 13.1. The molecule has 0 aromatic heterocycles. The molecule has 4 aliphatic rings. The molecule has 8 atom stereocenters. The van der Waals surface area contributed by atoms with E-state index >= 15 is 0 Å². The van der Waals surface area contributed by atoms with Crippen molar-refractivity contribution in [3.63, 3.8) is 0 Å². The van der Waals surface area contributed by atoms with E-state index in [0.717, 1.165) is 48.7 Å². The summed E-state index contributed by atoms with van der Waals surface area (Å²) in [5.74, 6) is 4.04. The van der Waals surface area contributed by atoms with Crippen LogP contribution in [0.5, 0.6) is 5.75 Å². The third kappa shape index (κ3) is 6.05. The first kappa shape index (κ1) is 29.7. The van der Waals surface area contributed by atoms with Crippen molar-refractivity contribution in [2.24, 2.45) is 34.5 Å². The van der Waals surface area contributed by atoms with Crippen LogP contribution in [0.2, 0.25) is 0 Å². The lowest BCUT2D eigenvalue weighted by molar-refractivity contribution is -0.160. The molecule has 3 saturated carbocycles. The monoisotopic (exact) mass is 548 g/mol. The third-order valence-electron chi connectivity index (χ3n) is 12.1. The first-order valence-electron chi connectivity index (χ1n) is 17.0. The molecule has 222 valence electrons. The zero-order valence-corrected chi connectivity index (χ0v) is 26.0. The summed E-state index contributed by atoms with van der Waals surface area (Å²) in [6.07, 6.45) is 22.7. The van der Waals surface area contributed by atoms with Gasteiger partial charge in [0.25, 0.3) is 0 Å². The van der Waals surface area contributed by atoms with Crippen LogP contribution >= 0.6 is 0 Å². The molecule has 0 aliphatic heterocycles. The molecule has 1 aromatic rings. The predicted octanol–water partition coefficient (Wildman–Crippen LogP) is 10.1. The van der Waals surface area contributed by atoms with E-state index in [1.165, 1.54) is 77.0 Å². The number of unbranched alkanes of at least 4 members (excludes halogenated alkanes) is 5. The summed E-state index contributed by atoms with van der Waals surface area (Å²) in [5, 5.41) is 0. The lowest BCUT2D eigenvalue weighted by Crippen LogP contribution is -2.50. The Kier molecular flexibility index (Phi) is 9.68. The molecule has 3 nitrogen and oxygen atoms in total. The van der Waals surface area contributed by atoms with Gasteiger partial charge in [0.1, 0.15) is 11.9 Å². The predicted molar refractivity (Wildman–Crippen MR) is 164 cm³/mol. The summed E-state index contributed by atoms with van der Waals surface area (Å²) in [6.45, 7) is 9.55. The van der Waals surface area contributed by atoms with Crippen LogP contribution in [0.1, 0.15) is 130 Å². The van der Waals surface area contributed by atoms with Gasteiger partial charge >= 0.3 is 5.97 Å². The van der Waals surface area contributed by atoms with Crippen molar-refractivity contribution >= 4 is 5.97 Å². The van der Waals surface area contributed by atoms with Gasteiger partial charge in [-0.05, 0) is 104 Å². The molecule has 0 heterocycles. The van der Waals surface area contributed by atoms with Crippen molar-refractivity contribution in [2.45, 2.75) is 143 Å². The molecule has 0 radical (unpaired) electrons. The van der Waals surface area contributed by atoms with Gasteiger partial charge in [0, 0.05) is 6.42 Å². The summed E-state index contributed by atoms with van der Waals surface area (Å²) in [5.41, 5.74) is 2.43. The molecular formula is C37H56O3. The number of allylic oxidation sites excluding steroid dienone is 1. The molecule has 40 heavy (non-hydrogen) atoms. The molecule has 0 amide bonds. The SMILES string of the molecule is CCCCCCCCC1CCC2C3CC=C4C[C@@H](OC(=O)C(CC)Oc5ccccc5)CC[C@]4(C)C3CC[C@]12C. The van der Waals surface area contributed by atoms with Gasteiger partial charge in [0.2, 0.25) is 0 Å². The van der Waals surface area contributed by atoms with E-state index in [0.29, 0.717) is 11.8 Å². The summed E-state index contributed by atoms with van der Waals surface area (Å²) >= 11 is 0. The Balaban J connectivity index is 1.17. The highest BCUT2D eigenvalue weighted by molar-refractivity contribution is 5.75. The van der Waals surface area contributed by atoms with Crippen molar-refractivity contribution in [1.29, 1.82) is 0 Å². The highest BCUT2D eigenvalue weighted by atomic mass is 16.6. The number of ether oxygens (including phenoxy) is 2. The maximum atomic E-state index is 13.1. The number of esters is 1. The topological polar surface area (TPSA) is 35.5 Å². The number of carbonyl (C=O) groups is 1. The van der Waals surface area contributed by atoms with E-state index < -0.39 is 6.10 Å². The van der Waals surface area contributed by atoms with Crippen molar-refractivity contribution in [2.75, 3.05) is 0 Å². The molecule has 0 spiro atoms.